The number of halogens is 1. The maximum Gasteiger partial charge on any atom is 0.335 e. The van der Waals surface area contributed by atoms with Crippen LogP contribution in [0.4, 0.5) is 4.79 Å². The van der Waals surface area contributed by atoms with Crippen molar-refractivity contribution in [1.29, 1.82) is 0 Å². The van der Waals surface area contributed by atoms with Crippen molar-refractivity contribution < 1.29 is 14.7 Å². The summed E-state index contributed by atoms with van der Waals surface area (Å²) in [5.74, 6) is -0.886. The lowest BCUT2D eigenvalue weighted by Crippen LogP contribution is -2.33. The van der Waals surface area contributed by atoms with E-state index in [2.05, 4.69) is 15.8 Å². The molecule has 102 valence electrons. The second kappa shape index (κ2) is 8.10. The molecule has 3 N–H and O–H groups in total. The van der Waals surface area contributed by atoms with Gasteiger partial charge in [0.05, 0.1) is 6.21 Å². The van der Waals surface area contributed by atoms with Crippen molar-refractivity contribution in [2.75, 3.05) is 6.54 Å². The van der Waals surface area contributed by atoms with E-state index in [-0.39, 0.29) is 13.0 Å². The molecule has 0 aromatic heterocycles. The minimum Gasteiger partial charge on any atom is -0.481 e. The van der Waals surface area contributed by atoms with Crippen LogP contribution < -0.4 is 10.7 Å². The first-order valence-corrected chi connectivity index (χ1v) is 6.00. The number of hydrogen-bond acceptors (Lipinski definition) is 3. The highest BCUT2D eigenvalue weighted by molar-refractivity contribution is 6.30. The van der Waals surface area contributed by atoms with Crippen molar-refractivity contribution in [2.45, 2.75) is 12.8 Å². The van der Waals surface area contributed by atoms with E-state index in [1.165, 1.54) is 6.21 Å². The van der Waals surface area contributed by atoms with Crippen LogP contribution in [0.25, 0.3) is 0 Å². The zero-order valence-corrected chi connectivity index (χ0v) is 10.9. The highest BCUT2D eigenvalue weighted by atomic mass is 35.5. The molecular weight excluding hydrogens is 270 g/mol. The number of rotatable bonds is 6. The standard InChI is InChI=1S/C12H14ClN3O3/c13-10-5-3-9(4-6-10)8-15-16-12(19)14-7-1-2-11(17)18/h3-6,8H,1-2,7H2,(H,17,18)(H2,14,16,19)/b15-8+. The Balaban J connectivity index is 2.22. The molecule has 0 atom stereocenters. The van der Waals surface area contributed by atoms with Crippen LogP contribution in [-0.2, 0) is 4.79 Å². The first kappa shape index (κ1) is 15.0. The first-order chi connectivity index (χ1) is 9.08. The van der Waals surface area contributed by atoms with Gasteiger partial charge in [0.25, 0.3) is 0 Å². The number of benzene rings is 1. The highest BCUT2D eigenvalue weighted by Crippen LogP contribution is 2.07. The Morgan fingerprint density at radius 2 is 2.00 bits per heavy atom. The molecule has 0 unspecified atom stereocenters. The van der Waals surface area contributed by atoms with E-state index < -0.39 is 12.0 Å². The molecule has 1 rings (SSSR count). The lowest BCUT2D eigenvalue weighted by molar-refractivity contribution is -0.137. The third kappa shape index (κ3) is 7.05. The van der Waals surface area contributed by atoms with Gasteiger partial charge in [-0.2, -0.15) is 5.10 Å². The summed E-state index contributed by atoms with van der Waals surface area (Å²) < 4.78 is 0. The molecular formula is C12H14ClN3O3. The number of carbonyl (C=O) groups is 2. The maximum atomic E-state index is 11.2. The number of carboxylic acids is 1. The Bertz CT molecular complexity index is 460. The number of urea groups is 1. The SMILES string of the molecule is O=C(O)CCCNC(=O)N/N=C/c1ccc(Cl)cc1. The third-order valence-corrected chi connectivity index (χ3v) is 2.35. The Morgan fingerprint density at radius 1 is 1.32 bits per heavy atom. The predicted octanol–water partition coefficient (Wildman–Crippen LogP) is 1.84. The summed E-state index contributed by atoms with van der Waals surface area (Å²) in [6.07, 6.45) is 1.88. The molecule has 1 aromatic rings. The molecule has 2 amide bonds. The topological polar surface area (TPSA) is 90.8 Å². The predicted molar refractivity (Wildman–Crippen MR) is 72.5 cm³/mol. The first-order valence-electron chi connectivity index (χ1n) is 5.62. The van der Waals surface area contributed by atoms with Gasteiger partial charge in [0.2, 0.25) is 0 Å². The van der Waals surface area contributed by atoms with E-state index in [1.807, 2.05) is 0 Å². The molecule has 0 bridgehead atoms. The summed E-state index contributed by atoms with van der Waals surface area (Å²) in [4.78, 5) is 21.5. The summed E-state index contributed by atoms with van der Waals surface area (Å²) >= 11 is 5.72. The largest absolute Gasteiger partial charge is 0.481 e. The molecule has 6 nitrogen and oxygen atoms in total. The monoisotopic (exact) mass is 283 g/mol. The zero-order valence-electron chi connectivity index (χ0n) is 10.1. The Kier molecular flexibility index (Phi) is 6.38. The summed E-state index contributed by atoms with van der Waals surface area (Å²) in [6, 6.07) is 6.48. The summed E-state index contributed by atoms with van der Waals surface area (Å²) in [7, 11) is 0. The maximum absolute atomic E-state index is 11.2. The molecule has 7 heteroatoms. The lowest BCUT2D eigenvalue weighted by Gasteiger charge is -2.02. The number of nitrogens with one attached hydrogen (secondary N) is 2. The molecule has 0 saturated carbocycles. The average Bonchev–Trinajstić information content (AvgIpc) is 2.37. The summed E-state index contributed by atoms with van der Waals surface area (Å²) in [6.45, 7) is 0.286. The van der Waals surface area contributed by atoms with E-state index in [9.17, 15) is 9.59 Å². The molecule has 0 aliphatic carbocycles. The summed E-state index contributed by atoms with van der Waals surface area (Å²) in [5.41, 5.74) is 3.07. The molecule has 0 saturated heterocycles. The molecule has 0 fully saturated rings. The molecule has 0 spiro atoms. The van der Waals surface area contributed by atoms with Gasteiger partial charge in [-0.3, -0.25) is 4.79 Å². The molecule has 0 aliphatic rings. The smallest absolute Gasteiger partial charge is 0.335 e. The van der Waals surface area contributed by atoms with Crippen molar-refractivity contribution in [3.63, 3.8) is 0 Å². The lowest BCUT2D eigenvalue weighted by atomic mass is 10.2. The Hall–Kier alpha value is -2.08. The fraction of sp³-hybridized carbons (Fsp3) is 0.250. The van der Waals surface area contributed by atoms with Gasteiger partial charge in [-0.25, -0.2) is 10.2 Å². The quantitative estimate of drug-likeness (QED) is 0.423. The number of carboxylic acid groups (broad SMARTS) is 1. The zero-order chi connectivity index (χ0) is 14.1. The molecule has 1 aromatic carbocycles. The number of hydrogen-bond donors (Lipinski definition) is 3. The van der Waals surface area contributed by atoms with Crippen LogP contribution in [0, 0.1) is 0 Å². The van der Waals surface area contributed by atoms with Crippen molar-refractivity contribution in [2.24, 2.45) is 5.10 Å². The number of hydrazone groups is 1. The third-order valence-electron chi connectivity index (χ3n) is 2.10. The van der Waals surface area contributed by atoms with Gasteiger partial charge in [0.15, 0.2) is 0 Å². The van der Waals surface area contributed by atoms with Crippen LogP contribution in [0.15, 0.2) is 29.4 Å². The van der Waals surface area contributed by atoms with Crippen LogP contribution in [0.1, 0.15) is 18.4 Å². The Labute approximate surface area is 115 Å². The van der Waals surface area contributed by atoms with Gasteiger partial charge in [0, 0.05) is 18.0 Å². The molecule has 0 aliphatic heterocycles. The Morgan fingerprint density at radius 3 is 2.63 bits per heavy atom. The van der Waals surface area contributed by atoms with Gasteiger partial charge < -0.3 is 10.4 Å². The van der Waals surface area contributed by atoms with Gasteiger partial charge in [-0.05, 0) is 24.1 Å². The van der Waals surface area contributed by atoms with Crippen molar-refractivity contribution in [1.82, 2.24) is 10.7 Å². The van der Waals surface area contributed by atoms with Gasteiger partial charge in [-0.15, -0.1) is 0 Å². The van der Waals surface area contributed by atoms with E-state index in [0.29, 0.717) is 11.4 Å². The van der Waals surface area contributed by atoms with Crippen LogP contribution in [0.2, 0.25) is 5.02 Å². The number of amides is 2. The van der Waals surface area contributed by atoms with Crippen LogP contribution >= 0.6 is 11.6 Å². The minimum absolute atomic E-state index is 0.0221. The minimum atomic E-state index is -0.886. The average molecular weight is 284 g/mol. The molecule has 0 heterocycles. The number of aliphatic carboxylic acids is 1. The number of nitrogens with zero attached hydrogens (tertiary/aromatic N) is 1. The highest BCUT2D eigenvalue weighted by Gasteiger charge is 1.99. The van der Waals surface area contributed by atoms with E-state index in [4.69, 9.17) is 16.7 Å². The van der Waals surface area contributed by atoms with Crippen LogP contribution in [0.3, 0.4) is 0 Å². The summed E-state index contributed by atoms with van der Waals surface area (Å²) in [5, 5.41) is 15.3. The van der Waals surface area contributed by atoms with Gasteiger partial charge in [-0.1, -0.05) is 23.7 Å². The van der Waals surface area contributed by atoms with E-state index >= 15 is 0 Å². The molecule has 19 heavy (non-hydrogen) atoms. The second-order valence-corrected chi connectivity index (χ2v) is 4.11. The number of carbonyl (C=O) groups excluding carboxylic acids is 1. The van der Waals surface area contributed by atoms with Crippen molar-refractivity contribution >= 4 is 29.8 Å². The van der Waals surface area contributed by atoms with Gasteiger partial charge >= 0.3 is 12.0 Å². The van der Waals surface area contributed by atoms with E-state index in [0.717, 1.165) is 5.56 Å². The second-order valence-electron chi connectivity index (χ2n) is 3.67. The van der Waals surface area contributed by atoms with Gasteiger partial charge in [0.1, 0.15) is 0 Å². The normalized spacial score (nSPS) is 10.4. The van der Waals surface area contributed by atoms with Crippen LogP contribution in [-0.4, -0.2) is 29.9 Å². The molecule has 0 radical (unpaired) electrons. The van der Waals surface area contributed by atoms with Crippen molar-refractivity contribution in [3.8, 4) is 0 Å². The fourth-order valence-electron chi connectivity index (χ4n) is 1.20. The van der Waals surface area contributed by atoms with E-state index in [1.54, 1.807) is 24.3 Å². The van der Waals surface area contributed by atoms with Crippen LogP contribution in [0.5, 0.6) is 0 Å². The van der Waals surface area contributed by atoms with Crippen molar-refractivity contribution in [3.05, 3.63) is 34.9 Å². The fourth-order valence-corrected chi connectivity index (χ4v) is 1.32.